The summed E-state index contributed by atoms with van der Waals surface area (Å²) in [6.45, 7) is 4.77. The zero-order valence-electron chi connectivity index (χ0n) is 29.1. The molecule has 12 nitrogen and oxygen atoms in total. The zero-order chi connectivity index (χ0) is 37.3. The number of H-pyrrole nitrogens is 2. The van der Waals surface area contributed by atoms with Gasteiger partial charge in [-0.2, -0.15) is 10.2 Å². The number of rotatable bonds is 8. The van der Waals surface area contributed by atoms with E-state index in [0.29, 0.717) is 51.7 Å². The number of halogens is 2. The minimum absolute atomic E-state index is 0.0522. The number of hydrogen-bond acceptors (Lipinski definition) is 8. The molecule has 0 saturated carbocycles. The number of morpholine rings is 2. The summed E-state index contributed by atoms with van der Waals surface area (Å²) in [5.41, 5.74) is 7.48. The van der Waals surface area contributed by atoms with Crippen molar-refractivity contribution >= 4 is 46.4 Å². The molecule has 6 N–H and O–H groups in total. The molecule has 0 unspecified atom stereocenters. The lowest BCUT2D eigenvalue weighted by Crippen LogP contribution is -2.33. The van der Waals surface area contributed by atoms with Gasteiger partial charge in [-0.15, -0.1) is 0 Å². The largest absolute Gasteiger partial charge is 0.371 e. The summed E-state index contributed by atoms with van der Waals surface area (Å²) in [4.78, 5) is 24.9. The van der Waals surface area contributed by atoms with E-state index in [4.69, 9.17) is 32.7 Å². The molecule has 2 aliphatic heterocycles. The molecule has 0 bridgehead atoms. The molecule has 0 aliphatic carbocycles. The Labute approximate surface area is 322 Å². The molecule has 2 saturated heterocycles. The van der Waals surface area contributed by atoms with Crippen molar-refractivity contribution in [1.82, 2.24) is 31.0 Å². The highest BCUT2D eigenvalue weighted by Gasteiger charge is 2.18. The van der Waals surface area contributed by atoms with Crippen LogP contribution in [-0.2, 0) is 9.47 Å². The second kappa shape index (κ2) is 17.7. The Morgan fingerprint density at radius 1 is 0.593 bits per heavy atom. The van der Waals surface area contributed by atoms with Crippen molar-refractivity contribution in [3.63, 3.8) is 0 Å². The van der Waals surface area contributed by atoms with Gasteiger partial charge in [0.1, 0.15) is 11.4 Å². The van der Waals surface area contributed by atoms with Gasteiger partial charge in [0.2, 0.25) is 0 Å². The topological polar surface area (TPSA) is 158 Å². The molecular formula is C40H38Cl2N8O4. The minimum Gasteiger partial charge on any atom is -0.371 e. The monoisotopic (exact) mass is 764 g/mol. The smallest absolute Gasteiger partial charge is 0.273 e. The van der Waals surface area contributed by atoms with Crippen LogP contribution in [0, 0.1) is 0 Å². The van der Waals surface area contributed by atoms with E-state index in [0.717, 1.165) is 54.1 Å². The normalized spacial score (nSPS) is 16.9. The fourth-order valence-corrected chi connectivity index (χ4v) is 6.27. The average Bonchev–Trinajstić information content (AvgIpc) is 3.92. The van der Waals surface area contributed by atoms with Gasteiger partial charge in [-0.3, -0.25) is 19.8 Å². The van der Waals surface area contributed by atoms with E-state index in [9.17, 15) is 9.59 Å². The van der Waals surface area contributed by atoms with Gasteiger partial charge < -0.3 is 30.7 Å². The van der Waals surface area contributed by atoms with Gasteiger partial charge in [-0.1, -0.05) is 71.7 Å². The SMILES string of the molecule is O=C(Nc1ccc([C@@H]2CNCCO2)cc1)c1cc(-c2cccc(Cl)c2)n[nH]1.O=C(Nc1ccc([C@H]2CNCCO2)cc1)c1cc(-c2ccc(Cl)cc2)n[nH]1. The van der Waals surface area contributed by atoms with Crippen LogP contribution in [0.2, 0.25) is 10.0 Å². The van der Waals surface area contributed by atoms with Crippen LogP contribution in [-0.4, -0.2) is 71.6 Å². The van der Waals surface area contributed by atoms with Crippen LogP contribution in [0.4, 0.5) is 11.4 Å². The standard InChI is InChI=1S/2C20H19ClN4O2/c21-15-5-1-13(2-6-15)17-11-18(25-24-17)20(26)23-16-7-3-14(4-8-16)19-12-22-9-10-27-19;21-15-3-1-2-14(10-15)17-11-18(25-24-17)20(26)23-16-6-4-13(5-7-16)19-12-22-8-9-27-19/h1-8,11,19,22H,9-10,12H2,(H,23,26)(H,24,25);1-7,10-11,19,22H,8-9,12H2,(H,23,26)(H,24,25)/t2*19-/m10/s1. The first-order valence-corrected chi connectivity index (χ1v) is 18.2. The molecule has 14 heteroatoms. The molecule has 0 radical (unpaired) electrons. The molecule has 276 valence electrons. The second-order valence-corrected chi connectivity index (χ2v) is 13.5. The van der Waals surface area contributed by atoms with E-state index in [1.165, 1.54) is 0 Å². The molecule has 2 aromatic heterocycles. The molecule has 4 aromatic carbocycles. The number of nitrogens with one attached hydrogen (secondary N) is 6. The molecule has 0 spiro atoms. The quantitative estimate of drug-likeness (QED) is 0.0944. The van der Waals surface area contributed by atoms with Crippen LogP contribution in [0.15, 0.2) is 109 Å². The van der Waals surface area contributed by atoms with Crippen molar-refractivity contribution in [3.8, 4) is 22.5 Å². The molecule has 6 aromatic rings. The number of ether oxygens (including phenoxy) is 2. The summed E-state index contributed by atoms with van der Waals surface area (Å²) < 4.78 is 11.5. The van der Waals surface area contributed by atoms with Crippen molar-refractivity contribution in [1.29, 1.82) is 0 Å². The highest BCUT2D eigenvalue weighted by atomic mass is 35.5. The number of nitrogens with zero attached hydrogens (tertiary/aromatic N) is 2. The third-order valence-corrected chi connectivity index (χ3v) is 9.33. The molecule has 8 rings (SSSR count). The Morgan fingerprint density at radius 3 is 1.56 bits per heavy atom. The first-order chi connectivity index (χ1) is 26.4. The summed E-state index contributed by atoms with van der Waals surface area (Å²) in [5, 5.41) is 27.6. The van der Waals surface area contributed by atoms with Gasteiger partial charge in [0.25, 0.3) is 11.8 Å². The van der Waals surface area contributed by atoms with Crippen molar-refractivity contribution in [3.05, 3.63) is 142 Å². The third kappa shape index (κ3) is 9.60. The van der Waals surface area contributed by atoms with E-state index in [-0.39, 0.29) is 24.0 Å². The van der Waals surface area contributed by atoms with Gasteiger partial charge in [-0.25, -0.2) is 0 Å². The van der Waals surface area contributed by atoms with Crippen molar-refractivity contribution < 1.29 is 19.1 Å². The maximum atomic E-state index is 12.5. The average molecular weight is 766 g/mol. The van der Waals surface area contributed by atoms with Crippen molar-refractivity contribution in [2.75, 3.05) is 50.0 Å². The number of hydrogen-bond donors (Lipinski definition) is 6. The Bertz CT molecular complexity index is 2160. The number of amides is 2. The van der Waals surface area contributed by atoms with Crippen LogP contribution in [0.1, 0.15) is 44.3 Å². The number of carbonyl (C=O) groups excluding carboxylic acids is 2. The van der Waals surface area contributed by atoms with Crippen molar-refractivity contribution in [2.45, 2.75) is 12.2 Å². The van der Waals surface area contributed by atoms with E-state index in [1.807, 2.05) is 72.8 Å². The van der Waals surface area contributed by atoms with E-state index in [1.54, 1.807) is 36.4 Å². The molecule has 54 heavy (non-hydrogen) atoms. The minimum atomic E-state index is -0.251. The van der Waals surface area contributed by atoms with Crippen LogP contribution >= 0.6 is 23.2 Å². The highest BCUT2D eigenvalue weighted by Crippen LogP contribution is 2.25. The maximum absolute atomic E-state index is 12.5. The second-order valence-electron chi connectivity index (χ2n) is 12.6. The summed E-state index contributed by atoms with van der Waals surface area (Å²) in [6.07, 6.45) is 0.106. The zero-order valence-corrected chi connectivity index (χ0v) is 30.6. The van der Waals surface area contributed by atoms with Crippen LogP contribution < -0.4 is 21.3 Å². The van der Waals surface area contributed by atoms with Gasteiger partial charge in [0.15, 0.2) is 0 Å². The van der Waals surface area contributed by atoms with E-state index < -0.39 is 0 Å². The third-order valence-electron chi connectivity index (χ3n) is 8.84. The maximum Gasteiger partial charge on any atom is 0.273 e. The lowest BCUT2D eigenvalue weighted by molar-refractivity contribution is 0.0276. The Kier molecular flexibility index (Phi) is 12.1. The summed E-state index contributed by atoms with van der Waals surface area (Å²) in [6, 6.07) is 33.5. The number of aromatic amines is 2. The lowest BCUT2D eigenvalue weighted by atomic mass is 10.1. The van der Waals surface area contributed by atoms with Gasteiger partial charge >= 0.3 is 0 Å². The van der Waals surface area contributed by atoms with Gasteiger partial charge in [0, 0.05) is 58.7 Å². The Hall–Kier alpha value is -5.34. The Balaban J connectivity index is 0.000000167. The van der Waals surface area contributed by atoms with Gasteiger partial charge in [-0.05, 0) is 71.8 Å². The molecular weight excluding hydrogens is 727 g/mol. The summed E-state index contributed by atoms with van der Waals surface area (Å²) >= 11 is 11.9. The lowest BCUT2D eigenvalue weighted by Gasteiger charge is -2.24. The summed E-state index contributed by atoms with van der Waals surface area (Å²) in [7, 11) is 0. The fourth-order valence-electron chi connectivity index (χ4n) is 5.96. The van der Waals surface area contributed by atoms with Crippen LogP contribution in [0.5, 0.6) is 0 Å². The Morgan fingerprint density at radius 2 is 1.09 bits per heavy atom. The molecule has 2 atom stereocenters. The molecule has 4 heterocycles. The highest BCUT2D eigenvalue weighted by molar-refractivity contribution is 6.31. The fraction of sp³-hybridized carbons (Fsp3) is 0.200. The number of benzene rings is 4. The predicted octanol–water partition coefficient (Wildman–Crippen LogP) is 7.29. The first-order valence-electron chi connectivity index (χ1n) is 17.5. The molecule has 2 amide bonds. The molecule has 2 aliphatic rings. The van der Waals surface area contributed by atoms with E-state index >= 15 is 0 Å². The van der Waals surface area contributed by atoms with Gasteiger partial charge in [0.05, 0.1) is 36.8 Å². The van der Waals surface area contributed by atoms with Crippen LogP contribution in [0.25, 0.3) is 22.5 Å². The molecule has 2 fully saturated rings. The summed E-state index contributed by atoms with van der Waals surface area (Å²) in [5.74, 6) is -0.495. The number of carbonyl (C=O) groups is 2. The van der Waals surface area contributed by atoms with Crippen molar-refractivity contribution in [2.24, 2.45) is 0 Å². The van der Waals surface area contributed by atoms with Crippen LogP contribution in [0.3, 0.4) is 0 Å². The number of aromatic nitrogens is 4. The predicted molar refractivity (Wildman–Crippen MR) is 210 cm³/mol. The first kappa shape index (κ1) is 37.0. The number of anilines is 2. The van der Waals surface area contributed by atoms with E-state index in [2.05, 4.69) is 41.7 Å².